The highest BCUT2D eigenvalue weighted by atomic mass is 32.2. The van der Waals surface area contributed by atoms with Crippen molar-refractivity contribution in [1.29, 1.82) is 0 Å². The van der Waals surface area contributed by atoms with Gasteiger partial charge in [0.2, 0.25) is 0 Å². The molecule has 4 rings (SSSR count). The topological polar surface area (TPSA) is 153 Å². The molecule has 1 heterocycles. The van der Waals surface area contributed by atoms with Crippen molar-refractivity contribution in [3.63, 3.8) is 0 Å². The first kappa shape index (κ1) is 23.0. The second-order valence-electron chi connectivity index (χ2n) is 7.13. The van der Waals surface area contributed by atoms with Crippen LogP contribution in [0, 0.1) is 17.0 Å². The molecule has 0 aliphatic heterocycles. The third-order valence-corrected chi connectivity index (χ3v) is 6.88. The molecule has 4 aromatic rings. The number of azo groups is 1. The van der Waals surface area contributed by atoms with Crippen LogP contribution < -0.4 is 10.5 Å². The number of benzene rings is 3. The molecule has 0 aliphatic rings. The molecule has 3 aromatic carbocycles. The van der Waals surface area contributed by atoms with Crippen molar-refractivity contribution in [3.05, 3.63) is 88.5 Å². The van der Waals surface area contributed by atoms with E-state index in [4.69, 9.17) is 5.73 Å². The predicted molar refractivity (Wildman–Crippen MR) is 131 cm³/mol. The van der Waals surface area contributed by atoms with E-state index in [9.17, 15) is 18.5 Å². The van der Waals surface area contributed by atoms with Crippen LogP contribution in [0.4, 0.5) is 27.2 Å². The van der Waals surface area contributed by atoms with Gasteiger partial charge in [-0.3, -0.25) is 14.8 Å². The maximum atomic E-state index is 12.7. The zero-order chi connectivity index (χ0) is 24.3. The number of hydrogen-bond acceptors (Lipinski definition) is 9. The van der Waals surface area contributed by atoms with Gasteiger partial charge < -0.3 is 5.73 Å². The molecule has 0 amide bonds. The summed E-state index contributed by atoms with van der Waals surface area (Å²) in [6.07, 6.45) is 0. The summed E-state index contributed by atoms with van der Waals surface area (Å²) in [5, 5.41) is 20.5. The van der Waals surface area contributed by atoms with Crippen LogP contribution in [0.15, 0.2) is 87.9 Å². The van der Waals surface area contributed by atoms with E-state index in [0.29, 0.717) is 27.1 Å². The minimum absolute atomic E-state index is 0.204. The van der Waals surface area contributed by atoms with Crippen LogP contribution in [0.3, 0.4) is 0 Å². The Balaban J connectivity index is 1.52. The molecule has 0 bridgehead atoms. The molecule has 1 aromatic heterocycles. The molecule has 10 nitrogen and oxygen atoms in total. The fourth-order valence-corrected chi connectivity index (χ4v) is 4.80. The Kier molecular flexibility index (Phi) is 6.34. The van der Waals surface area contributed by atoms with Crippen LogP contribution in [0.2, 0.25) is 0 Å². The fourth-order valence-electron chi connectivity index (χ4n) is 3.05. The Bertz CT molecular complexity index is 1480. The molecule has 0 saturated carbocycles. The van der Waals surface area contributed by atoms with Gasteiger partial charge in [-0.25, -0.2) is 13.4 Å². The third-order valence-electron chi connectivity index (χ3n) is 4.74. The zero-order valence-electron chi connectivity index (χ0n) is 17.7. The number of hydrogen-bond donors (Lipinski definition) is 2. The summed E-state index contributed by atoms with van der Waals surface area (Å²) in [5.41, 5.74) is 8.21. The molecule has 0 atom stereocenters. The van der Waals surface area contributed by atoms with Crippen molar-refractivity contribution < 1.29 is 13.3 Å². The van der Waals surface area contributed by atoms with Crippen LogP contribution >= 0.6 is 11.3 Å². The molecule has 0 spiro atoms. The first-order valence-corrected chi connectivity index (χ1v) is 12.1. The van der Waals surface area contributed by atoms with E-state index in [1.54, 1.807) is 19.1 Å². The first-order chi connectivity index (χ1) is 16.2. The molecule has 0 aliphatic carbocycles. The van der Waals surface area contributed by atoms with Gasteiger partial charge in [0, 0.05) is 22.9 Å². The number of nitro benzene ring substituents is 1. The van der Waals surface area contributed by atoms with Crippen molar-refractivity contribution >= 4 is 48.6 Å². The maximum absolute atomic E-state index is 12.7. The molecule has 0 radical (unpaired) electrons. The van der Waals surface area contributed by atoms with Gasteiger partial charge in [-0.1, -0.05) is 47.7 Å². The Labute approximate surface area is 199 Å². The van der Waals surface area contributed by atoms with E-state index in [0.717, 1.165) is 11.6 Å². The number of nitrogens with zero attached hydrogens (tertiary/aromatic N) is 4. The summed E-state index contributed by atoms with van der Waals surface area (Å²) < 4.78 is 27.7. The molecule has 0 unspecified atom stereocenters. The maximum Gasteiger partial charge on any atom is 0.273 e. The number of nitrogens with two attached hydrogens (primary N) is 1. The van der Waals surface area contributed by atoms with Crippen LogP contribution in [-0.4, -0.2) is 18.3 Å². The lowest BCUT2D eigenvalue weighted by molar-refractivity contribution is -0.385. The van der Waals surface area contributed by atoms with Gasteiger partial charge in [-0.15, -0.1) is 10.2 Å². The van der Waals surface area contributed by atoms with E-state index < -0.39 is 14.9 Å². The lowest BCUT2D eigenvalue weighted by Gasteiger charge is -2.08. The van der Waals surface area contributed by atoms with Gasteiger partial charge in [0.25, 0.3) is 15.7 Å². The summed E-state index contributed by atoms with van der Waals surface area (Å²) in [6.45, 7) is 1.54. The number of anilines is 2. The fraction of sp³-hybridized carbons (Fsp3) is 0.0455. The number of aromatic nitrogens is 1. The highest BCUT2D eigenvalue weighted by Gasteiger charge is 2.20. The second-order valence-corrected chi connectivity index (χ2v) is 9.82. The molecule has 0 fully saturated rings. The van der Waals surface area contributed by atoms with Crippen molar-refractivity contribution in [2.45, 2.75) is 11.8 Å². The molecule has 34 heavy (non-hydrogen) atoms. The minimum atomic E-state index is -4.02. The van der Waals surface area contributed by atoms with E-state index in [-0.39, 0.29) is 16.3 Å². The molecule has 3 N–H and O–H groups in total. The number of nitrogen functional groups attached to an aromatic ring is 1. The largest absolute Gasteiger partial charge is 0.375 e. The Morgan fingerprint density at radius 3 is 2.41 bits per heavy atom. The lowest BCUT2D eigenvalue weighted by Crippen LogP contribution is -2.13. The normalized spacial score (nSPS) is 11.6. The van der Waals surface area contributed by atoms with Crippen molar-refractivity contribution in [2.24, 2.45) is 10.2 Å². The molecule has 0 saturated heterocycles. The number of thiazole rings is 1. The summed E-state index contributed by atoms with van der Waals surface area (Å²) in [4.78, 5) is 14.6. The first-order valence-electron chi connectivity index (χ1n) is 9.84. The highest BCUT2D eigenvalue weighted by molar-refractivity contribution is 7.92. The van der Waals surface area contributed by atoms with Crippen LogP contribution in [0.5, 0.6) is 0 Å². The van der Waals surface area contributed by atoms with E-state index in [2.05, 4.69) is 19.9 Å². The van der Waals surface area contributed by atoms with Gasteiger partial charge in [-0.05, 0) is 37.3 Å². The van der Waals surface area contributed by atoms with E-state index in [1.807, 2.05) is 30.3 Å². The predicted octanol–water partition coefficient (Wildman–Crippen LogP) is 5.83. The molecule has 12 heteroatoms. The van der Waals surface area contributed by atoms with Crippen molar-refractivity contribution in [3.8, 4) is 11.3 Å². The molecule has 172 valence electrons. The Hall–Kier alpha value is -4.16. The number of nitrogens with one attached hydrogen (secondary N) is 1. The number of aryl methyl sites for hydroxylation is 1. The number of nitro groups is 1. The Morgan fingerprint density at radius 2 is 1.74 bits per heavy atom. The third kappa shape index (κ3) is 5.08. The van der Waals surface area contributed by atoms with Crippen LogP contribution in [0.1, 0.15) is 5.56 Å². The average Bonchev–Trinajstić information content (AvgIpc) is 3.19. The molecular weight excluding hydrogens is 476 g/mol. The summed E-state index contributed by atoms with van der Waals surface area (Å²) in [7, 11) is -4.02. The van der Waals surface area contributed by atoms with E-state index in [1.165, 1.54) is 35.6 Å². The Morgan fingerprint density at radius 1 is 1.03 bits per heavy atom. The zero-order valence-corrected chi connectivity index (χ0v) is 19.4. The van der Waals surface area contributed by atoms with Gasteiger partial charge in [-0.2, -0.15) is 0 Å². The van der Waals surface area contributed by atoms with Crippen LogP contribution in [-0.2, 0) is 10.0 Å². The average molecular weight is 495 g/mol. The SMILES string of the molecule is Cc1ccc(S(=O)(=O)Nc2ccc(N=Nc3sc(N)nc3-c3ccccc3)cc2)cc1[N+](=O)[O-]. The highest BCUT2D eigenvalue weighted by Crippen LogP contribution is 2.37. The smallest absolute Gasteiger partial charge is 0.273 e. The summed E-state index contributed by atoms with van der Waals surface area (Å²) in [5.74, 6) is 0. The monoisotopic (exact) mass is 494 g/mol. The van der Waals surface area contributed by atoms with Gasteiger partial charge in [0.15, 0.2) is 10.1 Å². The molecular formula is C22H18N6O4S2. The van der Waals surface area contributed by atoms with Crippen LogP contribution in [0.25, 0.3) is 11.3 Å². The number of rotatable bonds is 7. The summed E-state index contributed by atoms with van der Waals surface area (Å²) >= 11 is 1.21. The van der Waals surface area contributed by atoms with Gasteiger partial charge in [0.05, 0.1) is 15.5 Å². The van der Waals surface area contributed by atoms with Crippen molar-refractivity contribution in [1.82, 2.24) is 4.98 Å². The minimum Gasteiger partial charge on any atom is -0.375 e. The summed E-state index contributed by atoms with van der Waals surface area (Å²) in [6, 6.07) is 19.4. The van der Waals surface area contributed by atoms with E-state index >= 15 is 0 Å². The second kappa shape index (κ2) is 9.37. The van der Waals surface area contributed by atoms with Gasteiger partial charge in [0.1, 0.15) is 5.69 Å². The van der Waals surface area contributed by atoms with Gasteiger partial charge >= 0.3 is 0 Å². The lowest BCUT2D eigenvalue weighted by atomic mass is 10.2. The standard InChI is InChI=1S/C22H18N6O4S2/c1-14-7-12-18(13-19(14)28(29)30)34(31,32)27-17-10-8-16(9-11-17)25-26-21-20(24-22(23)33-21)15-5-3-2-4-6-15/h2-13,27H,1H3,(H2,23,24). The number of sulfonamides is 1. The quantitative estimate of drug-likeness (QED) is 0.187. The van der Waals surface area contributed by atoms with Crippen molar-refractivity contribution in [2.75, 3.05) is 10.5 Å².